The van der Waals surface area contributed by atoms with Crippen LogP contribution in [0.15, 0.2) is 30.3 Å². The van der Waals surface area contributed by atoms with E-state index in [0.29, 0.717) is 5.56 Å². The standard InChI is InChI=1S/C10H13FO/c11-7-4-8-12-9-10-5-2-1-3-6-10/h1-3,5-6H,4,7-9H2/i4D2,7D2,8D2. The highest BCUT2D eigenvalue weighted by atomic mass is 19.1. The summed E-state index contributed by atoms with van der Waals surface area (Å²) in [6.45, 7) is -7.20. The molecule has 0 aliphatic carbocycles. The fourth-order valence-corrected chi connectivity index (χ4v) is 0.749. The highest BCUT2D eigenvalue weighted by Crippen LogP contribution is 2.00. The SMILES string of the molecule is [2H]C([2H])(F)C([2H])([2H])C([2H])([2H])OCc1ccccc1. The Morgan fingerprint density at radius 1 is 1.33 bits per heavy atom. The summed E-state index contributed by atoms with van der Waals surface area (Å²) in [5.74, 6) is 0. The molecule has 12 heavy (non-hydrogen) atoms. The number of hydrogen-bond acceptors (Lipinski definition) is 1. The molecule has 0 saturated carbocycles. The first-order chi connectivity index (χ1) is 8.08. The Balaban J connectivity index is 2.77. The summed E-state index contributed by atoms with van der Waals surface area (Å²) in [6, 6.07) is 8.40. The second-order valence-electron chi connectivity index (χ2n) is 2.10. The Morgan fingerprint density at radius 2 is 2.08 bits per heavy atom. The first-order valence-electron chi connectivity index (χ1n) is 6.45. The maximum atomic E-state index is 13.0. The molecule has 1 aromatic rings. The van der Waals surface area contributed by atoms with Crippen molar-refractivity contribution < 1.29 is 17.4 Å². The van der Waals surface area contributed by atoms with Gasteiger partial charge in [-0.1, -0.05) is 30.3 Å². The van der Waals surface area contributed by atoms with Crippen LogP contribution in [-0.2, 0) is 11.3 Å². The molecule has 0 bridgehead atoms. The molecule has 1 aromatic carbocycles. The van der Waals surface area contributed by atoms with E-state index >= 15 is 0 Å². The summed E-state index contributed by atoms with van der Waals surface area (Å²) in [5.41, 5.74) is 0.580. The van der Waals surface area contributed by atoms with Gasteiger partial charge in [-0.2, -0.15) is 0 Å². The van der Waals surface area contributed by atoms with Crippen molar-refractivity contribution in [2.45, 2.75) is 13.0 Å². The molecular formula is C10H13FO. The van der Waals surface area contributed by atoms with E-state index in [4.69, 9.17) is 8.22 Å². The van der Waals surface area contributed by atoms with E-state index in [9.17, 15) is 4.39 Å². The summed E-state index contributed by atoms with van der Waals surface area (Å²) in [7, 11) is 0. The molecule has 0 amide bonds. The summed E-state index contributed by atoms with van der Waals surface area (Å²) in [6.07, 6.45) is -3.41. The largest absolute Gasteiger partial charge is 0.377 e. The normalized spacial score (nSPS) is 21.1. The van der Waals surface area contributed by atoms with Crippen LogP contribution in [-0.4, -0.2) is 13.2 Å². The molecule has 0 heterocycles. The Morgan fingerprint density at radius 3 is 2.75 bits per heavy atom. The van der Waals surface area contributed by atoms with Crippen molar-refractivity contribution in [3.8, 4) is 0 Å². The van der Waals surface area contributed by atoms with Crippen LogP contribution in [0.25, 0.3) is 0 Å². The first-order valence-corrected chi connectivity index (χ1v) is 3.45. The molecule has 66 valence electrons. The van der Waals surface area contributed by atoms with Crippen molar-refractivity contribution in [1.29, 1.82) is 0 Å². The molecule has 1 rings (SSSR count). The molecule has 0 unspecified atom stereocenters. The summed E-state index contributed by atoms with van der Waals surface area (Å²) >= 11 is 0. The molecule has 0 spiro atoms. The highest BCUT2D eigenvalue weighted by Gasteiger charge is 1.90. The molecule has 0 atom stereocenters. The van der Waals surface area contributed by atoms with Crippen LogP contribution >= 0.6 is 0 Å². The van der Waals surface area contributed by atoms with Crippen LogP contribution < -0.4 is 0 Å². The summed E-state index contributed by atoms with van der Waals surface area (Å²) < 4.78 is 60.0. The van der Waals surface area contributed by atoms with Crippen LogP contribution in [0.2, 0.25) is 0 Å². The number of hydrogen-bond donors (Lipinski definition) is 0. The Labute approximate surface area is 80.6 Å². The van der Waals surface area contributed by atoms with Crippen molar-refractivity contribution in [2.24, 2.45) is 0 Å². The minimum Gasteiger partial charge on any atom is -0.377 e. The van der Waals surface area contributed by atoms with Crippen LogP contribution in [0.5, 0.6) is 0 Å². The van der Waals surface area contributed by atoms with E-state index < -0.39 is 19.6 Å². The first kappa shape index (κ1) is 3.88. The van der Waals surface area contributed by atoms with Crippen LogP contribution in [0, 0.1) is 0 Å². The number of halogens is 1. The van der Waals surface area contributed by atoms with Gasteiger partial charge in [-0.15, -0.1) is 0 Å². The third-order valence-electron chi connectivity index (χ3n) is 1.25. The van der Waals surface area contributed by atoms with Gasteiger partial charge in [0.2, 0.25) is 0 Å². The average molecular weight is 174 g/mol. The second kappa shape index (κ2) is 5.72. The van der Waals surface area contributed by atoms with Gasteiger partial charge in [0, 0.05) is 9.30 Å². The van der Waals surface area contributed by atoms with Crippen LogP contribution in [0.3, 0.4) is 0 Å². The molecule has 1 nitrogen and oxygen atoms in total. The van der Waals surface area contributed by atoms with E-state index in [1.807, 2.05) is 0 Å². The Kier molecular flexibility index (Phi) is 1.85. The predicted octanol–water partition coefficient (Wildman–Crippen LogP) is 2.56. The molecule has 0 saturated heterocycles. The third-order valence-corrected chi connectivity index (χ3v) is 1.25. The lowest BCUT2D eigenvalue weighted by Crippen LogP contribution is -1.95. The molecule has 0 aromatic heterocycles. The van der Waals surface area contributed by atoms with E-state index in [1.165, 1.54) is 0 Å². The number of alkyl halides is 1. The van der Waals surface area contributed by atoms with Gasteiger partial charge in [0.05, 0.1) is 18.7 Å². The molecule has 2 heteroatoms. The van der Waals surface area contributed by atoms with E-state index in [-0.39, 0.29) is 6.61 Å². The molecule has 0 N–H and O–H groups in total. The zero-order valence-corrected chi connectivity index (χ0v) is 6.38. The lowest BCUT2D eigenvalue weighted by molar-refractivity contribution is 0.113. The Bertz CT molecular complexity index is 389. The van der Waals surface area contributed by atoms with E-state index in [0.717, 1.165) is 0 Å². The van der Waals surface area contributed by atoms with Crippen molar-refractivity contribution in [3.05, 3.63) is 35.9 Å². The minimum atomic E-state index is -3.84. The topological polar surface area (TPSA) is 9.23 Å². The highest BCUT2D eigenvalue weighted by molar-refractivity contribution is 5.13. The maximum absolute atomic E-state index is 13.0. The van der Waals surface area contributed by atoms with Crippen molar-refractivity contribution in [3.63, 3.8) is 0 Å². The lowest BCUT2D eigenvalue weighted by Gasteiger charge is -2.01. The van der Waals surface area contributed by atoms with Crippen molar-refractivity contribution in [2.75, 3.05) is 13.2 Å². The van der Waals surface area contributed by atoms with Gasteiger partial charge >= 0.3 is 0 Å². The second-order valence-corrected chi connectivity index (χ2v) is 2.10. The van der Waals surface area contributed by atoms with Gasteiger partial charge in [-0.25, -0.2) is 0 Å². The molecule has 0 radical (unpaired) electrons. The lowest BCUT2D eigenvalue weighted by atomic mass is 10.2. The molecule has 0 aliphatic heterocycles. The number of benzene rings is 1. The summed E-state index contributed by atoms with van der Waals surface area (Å²) in [4.78, 5) is 0. The molecule has 0 aliphatic rings. The number of rotatable bonds is 5. The molecule has 0 fully saturated rings. The van der Waals surface area contributed by atoms with Gasteiger partial charge in [0.1, 0.15) is 0 Å². The van der Waals surface area contributed by atoms with Gasteiger partial charge in [0.15, 0.2) is 0 Å². The van der Waals surface area contributed by atoms with E-state index in [1.54, 1.807) is 30.3 Å². The molecular weight excluding hydrogens is 155 g/mol. The fraction of sp³-hybridized carbons (Fsp3) is 0.400. The van der Waals surface area contributed by atoms with Gasteiger partial charge < -0.3 is 4.74 Å². The third kappa shape index (κ3) is 3.49. The zero-order valence-electron chi connectivity index (χ0n) is 12.4. The monoisotopic (exact) mass is 174 g/mol. The average Bonchev–Trinajstić information content (AvgIpc) is 2.26. The quantitative estimate of drug-likeness (QED) is 0.666. The number of ether oxygens (including phenoxy) is 1. The summed E-state index contributed by atoms with van der Waals surface area (Å²) in [5, 5.41) is 0. The van der Waals surface area contributed by atoms with Crippen LogP contribution in [0.1, 0.15) is 20.2 Å². The van der Waals surface area contributed by atoms with Gasteiger partial charge in [-0.3, -0.25) is 4.39 Å². The smallest absolute Gasteiger partial charge is 0.0916 e. The van der Waals surface area contributed by atoms with Crippen molar-refractivity contribution in [1.82, 2.24) is 0 Å². The van der Waals surface area contributed by atoms with Gasteiger partial charge in [0.25, 0.3) is 0 Å². The predicted molar refractivity (Wildman–Crippen MR) is 46.7 cm³/mol. The maximum Gasteiger partial charge on any atom is 0.0916 e. The van der Waals surface area contributed by atoms with E-state index in [2.05, 4.69) is 4.74 Å². The van der Waals surface area contributed by atoms with Gasteiger partial charge in [-0.05, 0) is 11.9 Å². The van der Waals surface area contributed by atoms with Crippen LogP contribution in [0.4, 0.5) is 4.39 Å². The minimum absolute atomic E-state index is 0.274. The van der Waals surface area contributed by atoms with Crippen molar-refractivity contribution >= 4 is 0 Å². The Hall–Kier alpha value is -0.890. The fourth-order valence-electron chi connectivity index (χ4n) is 0.749. The zero-order chi connectivity index (χ0) is 14.0.